The van der Waals surface area contributed by atoms with Gasteiger partial charge in [-0.3, -0.25) is 0 Å². The van der Waals surface area contributed by atoms with Gasteiger partial charge in [0.25, 0.3) is 0 Å². The van der Waals surface area contributed by atoms with E-state index in [9.17, 15) is 9.59 Å². The van der Waals surface area contributed by atoms with E-state index >= 15 is 0 Å². The van der Waals surface area contributed by atoms with Crippen molar-refractivity contribution >= 4 is 22.6 Å². The molecule has 0 saturated carbocycles. The van der Waals surface area contributed by atoms with Crippen molar-refractivity contribution in [2.75, 3.05) is 6.61 Å². The lowest BCUT2D eigenvalue weighted by Crippen LogP contribution is -2.11. The number of ether oxygens (including phenoxy) is 1. The van der Waals surface area contributed by atoms with E-state index in [1.807, 2.05) is 42.6 Å². The molecule has 2 heterocycles. The minimum absolute atomic E-state index is 0.196. The fourth-order valence-electron chi connectivity index (χ4n) is 3.34. The van der Waals surface area contributed by atoms with Gasteiger partial charge in [-0.2, -0.15) is 0 Å². The summed E-state index contributed by atoms with van der Waals surface area (Å²) in [5.74, 6) is -0.530. The zero-order valence-electron chi connectivity index (χ0n) is 15.2. The number of esters is 1. The lowest BCUT2D eigenvalue weighted by atomic mass is 10.0. The van der Waals surface area contributed by atoms with E-state index in [-0.39, 0.29) is 17.7 Å². The van der Waals surface area contributed by atoms with Gasteiger partial charge < -0.3 is 13.6 Å². The van der Waals surface area contributed by atoms with Gasteiger partial charge >= 0.3 is 11.6 Å². The second kappa shape index (κ2) is 6.76. The number of hydrogen-bond acceptors (Lipinski definition) is 4. The van der Waals surface area contributed by atoms with Crippen LogP contribution in [0.2, 0.25) is 0 Å². The fraction of sp³-hybridized carbons (Fsp3) is 0.182. The summed E-state index contributed by atoms with van der Waals surface area (Å²) in [5.41, 5.74) is 3.75. The number of hydrogen-bond donors (Lipinski definition) is 0. The molecule has 0 unspecified atom stereocenters. The number of aromatic nitrogens is 1. The van der Waals surface area contributed by atoms with Gasteiger partial charge in [-0.1, -0.05) is 43.3 Å². The molecular formula is C22H19NO4. The van der Waals surface area contributed by atoms with Crippen LogP contribution in [0.3, 0.4) is 0 Å². The summed E-state index contributed by atoms with van der Waals surface area (Å²) in [7, 11) is 0. The lowest BCUT2D eigenvalue weighted by molar-refractivity contribution is 0.0529. The van der Waals surface area contributed by atoms with Crippen LogP contribution in [0.4, 0.5) is 0 Å². The molecule has 4 rings (SSSR count). The first kappa shape index (κ1) is 17.1. The summed E-state index contributed by atoms with van der Waals surface area (Å²) in [5, 5.41) is 0. The quantitative estimate of drug-likeness (QED) is 0.504. The van der Waals surface area contributed by atoms with Crippen LogP contribution in [-0.4, -0.2) is 17.0 Å². The summed E-state index contributed by atoms with van der Waals surface area (Å²) in [4.78, 5) is 25.4. The number of para-hydroxylation sites is 2. The molecule has 0 aliphatic carbocycles. The molecule has 0 N–H and O–H groups in total. The molecule has 0 aliphatic heterocycles. The molecule has 5 nitrogen and oxygen atoms in total. The smallest absolute Gasteiger partial charge is 0.361 e. The van der Waals surface area contributed by atoms with Crippen molar-refractivity contribution < 1.29 is 13.9 Å². The fourth-order valence-corrected chi connectivity index (χ4v) is 3.34. The summed E-state index contributed by atoms with van der Waals surface area (Å²) in [6, 6.07) is 15.2. The van der Waals surface area contributed by atoms with E-state index in [1.165, 1.54) is 5.56 Å². The molecule has 27 heavy (non-hydrogen) atoms. The molecular weight excluding hydrogens is 342 g/mol. The maximum atomic E-state index is 12.7. The van der Waals surface area contributed by atoms with E-state index in [0.29, 0.717) is 16.7 Å². The number of fused-ring (bicyclic) bond motifs is 3. The van der Waals surface area contributed by atoms with E-state index in [0.717, 1.165) is 12.0 Å². The summed E-state index contributed by atoms with van der Waals surface area (Å²) in [6.07, 6.45) is 2.73. The Morgan fingerprint density at radius 2 is 1.81 bits per heavy atom. The van der Waals surface area contributed by atoms with E-state index < -0.39 is 11.6 Å². The molecule has 0 bridgehead atoms. The second-order valence-electron chi connectivity index (χ2n) is 6.26. The number of carbonyl (C=O) groups excluding carboxylic acids is 1. The van der Waals surface area contributed by atoms with Gasteiger partial charge in [-0.05, 0) is 36.6 Å². The lowest BCUT2D eigenvalue weighted by Gasteiger charge is -2.05. The molecule has 0 radical (unpaired) electrons. The molecule has 2 aromatic carbocycles. The maximum Gasteiger partial charge on any atom is 0.361 e. The summed E-state index contributed by atoms with van der Waals surface area (Å²) < 4.78 is 12.4. The largest absolute Gasteiger partial charge is 0.462 e. The highest BCUT2D eigenvalue weighted by Gasteiger charge is 2.24. The monoisotopic (exact) mass is 361 g/mol. The Kier molecular flexibility index (Phi) is 4.28. The van der Waals surface area contributed by atoms with Gasteiger partial charge in [0.15, 0.2) is 5.58 Å². The number of benzene rings is 2. The van der Waals surface area contributed by atoms with Crippen molar-refractivity contribution in [3.8, 4) is 11.1 Å². The maximum absolute atomic E-state index is 12.7. The Labute approximate surface area is 155 Å². The Bertz CT molecular complexity index is 1200. The minimum atomic E-state index is -0.562. The third-order valence-corrected chi connectivity index (χ3v) is 4.68. The van der Waals surface area contributed by atoms with Crippen LogP contribution in [0.25, 0.3) is 27.7 Å². The van der Waals surface area contributed by atoms with E-state index in [4.69, 9.17) is 9.15 Å². The highest BCUT2D eigenvalue weighted by atomic mass is 16.5. The average Bonchev–Trinajstić information content (AvgIpc) is 3.10. The second-order valence-corrected chi connectivity index (χ2v) is 6.26. The highest BCUT2D eigenvalue weighted by Crippen LogP contribution is 2.30. The molecule has 0 atom stereocenters. The highest BCUT2D eigenvalue weighted by molar-refractivity contribution is 6.05. The van der Waals surface area contributed by atoms with Crippen molar-refractivity contribution in [2.24, 2.45) is 0 Å². The summed E-state index contributed by atoms with van der Waals surface area (Å²) >= 11 is 0. The van der Waals surface area contributed by atoms with Crippen molar-refractivity contribution in [2.45, 2.75) is 20.3 Å². The Balaban J connectivity index is 2.08. The molecule has 0 fully saturated rings. The average molecular weight is 361 g/mol. The number of carbonyl (C=O) groups is 1. The number of rotatable bonds is 4. The van der Waals surface area contributed by atoms with Crippen LogP contribution in [0.15, 0.2) is 63.9 Å². The first-order chi connectivity index (χ1) is 13.1. The SMILES string of the molecule is CCOC(=O)c1c(-c2ccc(CC)cc2)cn2c1c(=O)oc1ccccc12. The van der Waals surface area contributed by atoms with Crippen molar-refractivity contribution in [1.29, 1.82) is 0 Å². The van der Waals surface area contributed by atoms with Crippen LogP contribution in [0.1, 0.15) is 29.8 Å². The van der Waals surface area contributed by atoms with Crippen molar-refractivity contribution in [1.82, 2.24) is 4.40 Å². The Morgan fingerprint density at radius 1 is 1.07 bits per heavy atom. The predicted octanol–water partition coefficient (Wildman–Crippen LogP) is 4.45. The third kappa shape index (κ3) is 2.81. The van der Waals surface area contributed by atoms with E-state index in [2.05, 4.69) is 6.92 Å². The van der Waals surface area contributed by atoms with Crippen molar-refractivity contribution in [3.05, 3.63) is 76.3 Å². The van der Waals surface area contributed by atoms with Crippen LogP contribution in [0.5, 0.6) is 0 Å². The van der Waals surface area contributed by atoms with Gasteiger partial charge in [0.1, 0.15) is 11.1 Å². The Morgan fingerprint density at radius 3 is 2.52 bits per heavy atom. The van der Waals surface area contributed by atoms with Crippen LogP contribution >= 0.6 is 0 Å². The zero-order chi connectivity index (χ0) is 19.0. The predicted molar refractivity (Wildman–Crippen MR) is 104 cm³/mol. The molecule has 5 heteroatoms. The van der Waals surface area contributed by atoms with Gasteiger partial charge in [-0.15, -0.1) is 0 Å². The van der Waals surface area contributed by atoms with Crippen molar-refractivity contribution in [3.63, 3.8) is 0 Å². The topological polar surface area (TPSA) is 60.9 Å². The van der Waals surface area contributed by atoms with Gasteiger partial charge in [0, 0.05) is 11.8 Å². The molecule has 0 amide bonds. The van der Waals surface area contributed by atoms with Crippen LogP contribution in [0, 0.1) is 0 Å². The summed E-state index contributed by atoms with van der Waals surface area (Å²) in [6.45, 7) is 4.05. The molecule has 2 aromatic heterocycles. The van der Waals surface area contributed by atoms with Gasteiger partial charge in [0.2, 0.25) is 0 Å². The minimum Gasteiger partial charge on any atom is -0.462 e. The molecule has 4 aromatic rings. The third-order valence-electron chi connectivity index (χ3n) is 4.68. The first-order valence-corrected chi connectivity index (χ1v) is 8.97. The van der Waals surface area contributed by atoms with E-state index in [1.54, 1.807) is 23.5 Å². The number of aryl methyl sites for hydroxylation is 1. The number of nitrogens with zero attached hydrogens (tertiary/aromatic N) is 1. The normalized spacial score (nSPS) is 11.2. The standard InChI is InChI=1S/C22H19NO4/c1-3-14-9-11-15(12-10-14)16-13-23-17-7-5-6-8-18(17)27-22(25)20(23)19(16)21(24)26-4-2/h5-13H,3-4H2,1-2H3. The van der Waals surface area contributed by atoms with Crippen LogP contribution < -0.4 is 5.63 Å². The van der Waals surface area contributed by atoms with Gasteiger partial charge in [-0.25, -0.2) is 9.59 Å². The first-order valence-electron chi connectivity index (χ1n) is 8.97. The van der Waals surface area contributed by atoms with Crippen LogP contribution in [-0.2, 0) is 11.2 Å². The molecule has 0 saturated heterocycles. The molecule has 136 valence electrons. The molecule has 0 aliphatic rings. The molecule has 0 spiro atoms. The Hall–Kier alpha value is -3.34. The van der Waals surface area contributed by atoms with Gasteiger partial charge in [0.05, 0.1) is 12.1 Å². The zero-order valence-corrected chi connectivity index (χ0v) is 15.2.